The number of carbonyl (C=O) groups excluding carboxylic acids is 3. The highest BCUT2D eigenvalue weighted by atomic mass is 19.4. The third-order valence-corrected chi connectivity index (χ3v) is 8.21. The summed E-state index contributed by atoms with van der Waals surface area (Å²) in [4.78, 5) is 44.1. The van der Waals surface area contributed by atoms with E-state index in [0.29, 0.717) is 37.6 Å². The summed E-state index contributed by atoms with van der Waals surface area (Å²) in [6.45, 7) is 5.19. The molecule has 0 aromatic heterocycles. The summed E-state index contributed by atoms with van der Waals surface area (Å²) in [5.41, 5.74) is -0.696. The molecule has 1 saturated heterocycles. The van der Waals surface area contributed by atoms with Crippen LogP contribution in [0.25, 0.3) is 10.8 Å². The second-order valence-corrected chi connectivity index (χ2v) is 10.9. The molecule has 43 heavy (non-hydrogen) atoms. The van der Waals surface area contributed by atoms with Crippen molar-refractivity contribution in [1.29, 1.82) is 5.26 Å². The Morgan fingerprint density at radius 2 is 1.63 bits per heavy atom. The van der Waals surface area contributed by atoms with Gasteiger partial charge in [0.25, 0.3) is 17.7 Å². The fourth-order valence-electron chi connectivity index (χ4n) is 5.79. The molecule has 3 amide bonds. The molecule has 1 fully saturated rings. The maximum atomic E-state index is 13.4. The van der Waals surface area contributed by atoms with Crippen LogP contribution in [0.3, 0.4) is 0 Å². The Kier molecular flexibility index (Phi) is 8.64. The van der Waals surface area contributed by atoms with Crippen LogP contribution >= 0.6 is 0 Å². The Hall–Kier alpha value is -4.49. The monoisotopic (exact) mass is 588 g/mol. The minimum Gasteiger partial charge on any atom is -0.336 e. The van der Waals surface area contributed by atoms with Gasteiger partial charge >= 0.3 is 6.18 Å². The van der Waals surface area contributed by atoms with Crippen LogP contribution in [0.4, 0.5) is 18.9 Å². The van der Waals surface area contributed by atoms with Crippen molar-refractivity contribution in [1.82, 2.24) is 9.80 Å². The van der Waals surface area contributed by atoms with E-state index in [1.165, 1.54) is 19.1 Å². The molecule has 0 spiro atoms. The molecule has 0 unspecified atom stereocenters. The minimum absolute atomic E-state index is 0.0422. The predicted molar refractivity (Wildman–Crippen MR) is 156 cm³/mol. The molecule has 0 saturated carbocycles. The molecule has 3 aromatic carbocycles. The molecule has 0 radical (unpaired) electrons. The van der Waals surface area contributed by atoms with Crippen LogP contribution in [0, 0.1) is 11.3 Å². The van der Waals surface area contributed by atoms with Crippen LogP contribution < -0.4 is 4.90 Å². The molecule has 5 rings (SSSR count). The third-order valence-electron chi connectivity index (χ3n) is 8.21. The number of amides is 3. The van der Waals surface area contributed by atoms with Gasteiger partial charge < -0.3 is 4.90 Å². The highest BCUT2D eigenvalue weighted by molar-refractivity contribution is 6.32. The lowest BCUT2D eigenvalue weighted by Crippen LogP contribution is -2.48. The van der Waals surface area contributed by atoms with Crippen LogP contribution in [-0.4, -0.2) is 60.2 Å². The van der Waals surface area contributed by atoms with Gasteiger partial charge in [-0.3, -0.25) is 19.3 Å². The Bertz CT molecular complexity index is 1640. The zero-order chi connectivity index (χ0) is 30.7. The maximum absolute atomic E-state index is 13.4. The standard InChI is InChI=1S/C33H31F3N4O3/c1-22-26(32(43)40(30(22)41)25-14-13-24(21-37)29(20-25)33(34,35)36)10-3-2-6-15-38-16-18-39(19-17-38)31(42)28-12-7-9-23-8-4-5-11-27(23)28/h4-5,7-9,11-14,20H,2-3,6,10,15-19H2,1H3. The van der Waals surface area contributed by atoms with Gasteiger partial charge in [0.2, 0.25) is 0 Å². The molecule has 7 nitrogen and oxygen atoms in total. The zero-order valence-corrected chi connectivity index (χ0v) is 23.8. The summed E-state index contributed by atoms with van der Waals surface area (Å²) >= 11 is 0. The average molecular weight is 589 g/mol. The SMILES string of the molecule is CC1=C(CCCCCN2CCN(C(=O)c3cccc4ccccc34)CC2)C(=O)N(c2ccc(C#N)c(C(F)(F)F)c2)C1=O. The first-order valence-corrected chi connectivity index (χ1v) is 14.3. The van der Waals surface area contributed by atoms with E-state index in [1.54, 1.807) is 0 Å². The first-order valence-electron chi connectivity index (χ1n) is 14.3. The van der Waals surface area contributed by atoms with Crippen LogP contribution in [-0.2, 0) is 15.8 Å². The number of hydrogen-bond acceptors (Lipinski definition) is 5. The van der Waals surface area contributed by atoms with Gasteiger partial charge in [-0.15, -0.1) is 0 Å². The number of benzene rings is 3. The van der Waals surface area contributed by atoms with Crippen molar-refractivity contribution in [2.24, 2.45) is 0 Å². The van der Waals surface area contributed by atoms with E-state index in [-0.39, 0.29) is 17.2 Å². The van der Waals surface area contributed by atoms with E-state index in [0.717, 1.165) is 59.8 Å². The summed E-state index contributed by atoms with van der Waals surface area (Å²) in [5.74, 6) is -1.22. The first kappa shape index (κ1) is 30.0. The van der Waals surface area contributed by atoms with Crippen LogP contribution in [0.5, 0.6) is 0 Å². The van der Waals surface area contributed by atoms with Gasteiger partial charge in [-0.05, 0) is 67.8 Å². The first-order chi connectivity index (χ1) is 20.6. The molecule has 2 aliphatic rings. The lowest BCUT2D eigenvalue weighted by atomic mass is 10.0. The number of carbonyl (C=O) groups is 3. The van der Waals surface area contributed by atoms with Crippen LogP contribution in [0.1, 0.15) is 54.1 Å². The fraction of sp³-hybridized carbons (Fsp3) is 0.333. The zero-order valence-electron chi connectivity index (χ0n) is 23.8. The smallest absolute Gasteiger partial charge is 0.336 e. The number of piperazine rings is 1. The number of nitrogens with zero attached hydrogens (tertiary/aromatic N) is 4. The van der Waals surface area contributed by atoms with Crippen LogP contribution in [0.15, 0.2) is 71.8 Å². The number of anilines is 1. The van der Waals surface area contributed by atoms with Crippen molar-refractivity contribution in [2.45, 2.75) is 38.8 Å². The molecule has 2 aliphatic heterocycles. The topological polar surface area (TPSA) is 84.7 Å². The van der Waals surface area contributed by atoms with Gasteiger partial charge in [0.15, 0.2) is 0 Å². The Morgan fingerprint density at radius 1 is 0.907 bits per heavy atom. The van der Waals surface area contributed by atoms with E-state index < -0.39 is 29.1 Å². The van der Waals surface area contributed by atoms with Crippen LogP contribution in [0.2, 0.25) is 0 Å². The molecule has 222 valence electrons. The summed E-state index contributed by atoms with van der Waals surface area (Å²) in [6.07, 6.45) is -2.11. The second-order valence-electron chi connectivity index (χ2n) is 10.9. The van der Waals surface area contributed by atoms with E-state index in [4.69, 9.17) is 5.26 Å². The molecule has 0 aliphatic carbocycles. The quantitative estimate of drug-likeness (QED) is 0.240. The van der Waals surface area contributed by atoms with Gasteiger partial charge in [-0.25, -0.2) is 4.90 Å². The van der Waals surface area contributed by atoms with E-state index in [9.17, 15) is 27.6 Å². The highest BCUT2D eigenvalue weighted by Crippen LogP contribution is 2.37. The van der Waals surface area contributed by atoms with Crippen molar-refractivity contribution in [2.75, 3.05) is 37.6 Å². The second kappa shape index (κ2) is 12.4. The number of hydrogen-bond donors (Lipinski definition) is 0. The molecule has 0 bridgehead atoms. The fourth-order valence-corrected chi connectivity index (χ4v) is 5.79. The number of nitriles is 1. The summed E-state index contributed by atoms with van der Waals surface area (Å²) < 4.78 is 40.3. The van der Waals surface area contributed by atoms with Crippen molar-refractivity contribution >= 4 is 34.2 Å². The summed E-state index contributed by atoms with van der Waals surface area (Å²) in [6, 6.07) is 18.0. The summed E-state index contributed by atoms with van der Waals surface area (Å²) in [5, 5.41) is 11.0. The largest absolute Gasteiger partial charge is 0.417 e. The number of halogens is 3. The Morgan fingerprint density at radius 3 is 2.35 bits per heavy atom. The van der Waals surface area contributed by atoms with Gasteiger partial charge in [0.1, 0.15) is 0 Å². The number of rotatable bonds is 8. The number of alkyl halides is 3. The molecule has 0 N–H and O–H groups in total. The molecular weight excluding hydrogens is 557 g/mol. The van der Waals surface area contributed by atoms with Crippen molar-refractivity contribution in [3.8, 4) is 6.07 Å². The number of unbranched alkanes of at least 4 members (excludes halogenated alkanes) is 2. The lowest BCUT2D eigenvalue weighted by molar-refractivity contribution is -0.138. The van der Waals surface area contributed by atoms with E-state index >= 15 is 0 Å². The van der Waals surface area contributed by atoms with Gasteiger partial charge in [0, 0.05) is 42.9 Å². The Balaban J connectivity index is 1.09. The van der Waals surface area contributed by atoms with E-state index in [1.807, 2.05) is 47.4 Å². The van der Waals surface area contributed by atoms with E-state index in [2.05, 4.69) is 4.90 Å². The molecule has 2 heterocycles. The van der Waals surface area contributed by atoms with Crippen molar-refractivity contribution < 1.29 is 27.6 Å². The van der Waals surface area contributed by atoms with Gasteiger partial charge in [-0.2, -0.15) is 18.4 Å². The van der Waals surface area contributed by atoms with Gasteiger partial charge in [0.05, 0.1) is 22.9 Å². The van der Waals surface area contributed by atoms with Crippen molar-refractivity contribution in [3.63, 3.8) is 0 Å². The minimum atomic E-state index is -4.79. The highest BCUT2D eigenvalue weighted by Gasteiger charge is 2.39. The third kappa shape index (κ3) is 6.18. The summed E-state index contributed by atoms with van der Waals surface area (Å²) in [7, 11) is 0. The molecule has 3 aromatic rings. The average Bonchev–Trinajstić information content (AvgIpc) is 3.22. The predicted octanol–water partition coefficient (Wildman–Crippen LogP) is 5.94. The molecule has 0 atom stereocenters. The number of imide groups is 1. The lowest BCUT2D eigenvalue weighted by Gasteiger charge is -2.35. The maximum Gasteiger partial charge on any atom is 0.417 e. The Labute approximate surface area is 247 Å². The normalized spacial score (nSPS) is 16.3. The molecule has 10 heteroatoms. The van der Waals surface area contributed by atoms with Crippen molar-refractivity contribution in [3.05, 3.63) is 88.5 Å². The van der Waals surface area contributed by atoms with Gasteiger partial charge in [-0.1, -0.05) is 42.8 Å². The molecular formula is C33H31F3N4O3. The number of fused-ring (bicyclic) bond motifs is 1.